The Bertz CT molecular complexity index is 1030. The molecule has 0 fully saturated rings. The first kappa shape index (κ1) is 23.9. The third-order valence-electron chi connectivity index (χ3n) is 5.27. The van der Waals surface area contributed by atoms with Gasteiger partial charge in [0.1, 0.15) is 12.4 Å². The molecular formula is C25H32N4O2S. The molecule has 0 aliphatic rings. The van der Waals surface area contributed by atoms with E-state index in [-0.39, 0.29) is 17.7 Å². The largest absolute Gasteiger partial charge is 0.485 e. The monoisotopic (exact) mass is 452 g/mol. The molecule has 0 aliphatic heterocycles. The predicted molar refractivity (Wildman–Crippen MR) is 129 cm³/mol. The molecule has 170 valence electrons. The molecule has 1 N–H and O–H groups in total. The zero-order valence-corrected chi connectivity index (χ0v) is 20.3. The molecule has 6 nitrogen and oxygen atoms in total. The maximum Gasteiger partial charge on any atom is 0.230 e. The minimum atomic E-state index is -0.0400. The van der Waals surface area contributed by atoms with Crippen molar-refractivity contribution in [2.24, 2.45) is 0 Å². The molecule has 0 aliphatic carbocycles. The lowest BCUT2D eigenvalue weighted by Gasteiger charge is -2.15. The molecule has 0 bridgehead atoms. The molecule has 3 rings (SSSR count). The van der Waals surface area contributed by atoms with Gasteiger partial charge in [0.05, 0.1) is 11.8 Å². The molecule has 1 aromatic heterocycles. The predicted octanol–water partition coefficient (Wildman–Crippen LogP) is 5.28. The number of carbonyl (C=O) groups excluding carboxylic acids is 1. The number of rotatable bonds is 10. The highest BCUT2D eigenvalue weighted by atomic mass is 32.2. The van der Waals surface area contributed by atoms with Gasteiger partial charge in [-0.15, -0.1) is 10.2 Å². The van der Waals surface area contributed by atoms with Crippen LogP contribution >= 0.6 is 11.8 Å². The summed E-state index contributed by atoms with van der Waals surface area (Å²) in [6, 6.07) is 16.2. The van der Waals surface area contributed by atoms with Gasteiger partial charge in [-0.2, -0.15) is 0 Å². The van der Waals surface area contributed by atoms with E-state index in [1.807, 2.05) is 48.7 Å². The van der Waals surface area contributed by atoms with E-state index in [1.54, 1.807) is 0 Å². The Balaban J connectivity index is 1.60. The molecule has 1 heterocycles. The summed E-state index contributed by atoms with van der Waals surface area (Å²) in [7, 11) is 0. The number of nitrogens with zero attached hydrogens (tertiary/aromatic N) is 3. The number of aryl methyl sites for hydroxylation is 1. The summed E-state index contributed by atoms with van der Waals surface area (Å²) in [6.45, 7) is 11.4. The van der Waals surface area contributed by atoms with Gasteiger partial charge in [-0.3, -0.25) is 4.79 Å². The number of thioether (sulfide) groups is 1. The van der Waals surface area contributed by atoms with Crippen LogP contribution in [0.1, 0.15) is 62.2 Å². The van der Waals surface area contributed by atoms with E-state index in [0.29, 0.717) is 19.1 Å². The van der Waals surface area contributed by atoms with E-state index in [2.05, 4.69) is 54.5 Å². The summed E-state index contributed by atoms with van der Waals surface area (Å²) in [5.41, 5.74) is 3.42. The van der Waals surface area contributed by atoms with E-state index in [1.165, 1.54) is 17.3 Å². The van der Waals surface area contributed by atoms with Gasteiger partial charge >= 0.3 is 0 Å². The number of nitrogens with one attached hydrogen (secondary N) is 1. The molecule has 0 unspecified atom stereocenters. The maximum atomic E-state index is 12.4. The summed E-state index contributed by atoms with van der Waals surface area (Å²) in [5.74, 6) is 2.26. The highest BCUT2D eigenvalue weighted by molar-refractivity contribution is 7.99. The van der Waals surface area contributed by atoms with Gasteiger partial charge in [0.25, 0.3) is 0 Å². The Morgan fingerprint density at radius 2 is 1.88 bits per heavy atom. The Kier molecular flexibility index (Phi) is 8.33. The van der Waals surface area contributed by atoms with Crippen molar-refractivity contribution in [3.05, 3.63) is 71.0 Å². The molecule has 0 spiro atoms. The minimum Gasteiger partial charge on any atom is -0.485 e. The van der Waals surface area contributed by atoms with Gasteiger partial charge in [-0.25, -0.2) is 0 Å². The summed E-state index contributed by atoms with van der Waals surface area (Å²) in [4.78, 5) is 12.4. The van der Waals surface area contributed by atoms with Crippen molar-refractivity contribution >= 4 is 17.7 Å². The van der Waals surface area contributed by atoms with E-state index in [9.17, 15) is 4.79 Å². The third kappa shape index (κ3) is 6.13. The Morgan fingerprint density at radius 3 is 2.56 bits per heavy atom. The van der Waals surface area contributed by atoms with Crippen LogP contribution in [0.2, 0.25) is 0 Å². The second kappa shape index (κ2) is 11.2. The fourth-order valence-corrected chi connectivity index (χ4v) is 4.31. The Hall–Kier alpha value is -2.80. The van der Waals surface area contributed by atoms with Crippen LogP contribution in [0.15, 0.2) is 53.7 Å². The molecule has 2 aromatic carbocycles. The molecule has 0 saturated heterocycles. The van der Waals surface area contributed by atoms with E-state index >= 15 is 0 Å². The lowest BCUT2D eigenvalue weighted by Crippen LogP contribution is -2.28. The molecule has 1 atom stereocenters. The first-order chi connectivity index (χ1) is 15.4. The molecule has 0 radical (unpaired) electrons. The molecule has 32 heavy (non-hydrogen) atoms. The molecule has 1 amide bonds. The summed E-state index contributed by atoms with van der Waals surface area (Å²) < 4.78 is 8.14. The van der Waals surface area contributed by atoms with Crippen LogP contribution in [0.4, 0.5) is 0 Å². The maximum absolute atomic E-state index is 12.4. The number of benzene rings is 2. The zero-order valence-electron chi connectivity index (χ0n) is 19.5. The van der Waals surface area contributed by atoms with Crippen LogP contribution < -0.4 is 10.1 Å². The highest BCUT2D eigenvalue weighted by Gasteiger charge is 2.16. The van der Waals surface area contributed by atoms with Crippen molar-refractivity contribution in [3.8, 4) is 5.75 Å². The van der Waals surface area contributed by atoms with Crippen molar-refractivity contribution in [2.45, 2.75) is 64.9 Å². The lowest BCUT2D eigenvalue weighted by atomic mass is 10.0. The lowest BCUT2D eigenvalue weighted by molar-refractivity contribution is -0.119. The quantitative estimate of drug-likeness (QED) is 0.424. The van der Waals surface area contributed by atoms with Crippen molar-refractivity contribution in [1.29, 1.82) is 0 Å². The van der Waals surface area contributed by atoms with Crippen molar-refractivity contribution < 1.29 is 9.53 Å². The van der Waals surface area contributed by atoms with Crippen molar-refractivity contribution in [3.63, 3.8) is 0 Å². The molecule has 3 aromatic rings. The molecule has 0 saturated carbocycles. The van der Waals surface area contributed by atoms with Gasteiger partial charge in [0.15, 0.2) is 11.0 Å². The fraction of sp³-hybridized carbons (Fsp3) is 0.400. The van der Waals surface area contributed by atoms with E-state index in [4.69, 9.17) is 4.74 Å². The Labute approximate surface area is 194 Å². The number of hydrogen-bond acceptors (Lipinski definition) is 5. The number of ether oxygens (including phenoxy) is 1. The fourth-order valence-electron chi connectivity index (χ4n) is 3.47. The smallest absolute Gasteiger partial charge is 0.230 e. The number of aromatic nitrogens is 3. The van der Waals surface area contributed by atoms with Crippen LogP contribution in [-0.4, -0.2) is 26.4 Å². The molecular weight excluding hydrogens is 420 g/mol. The van der Waals surface area contributed by atoms with Gasteiger partial charge in [-0.1, -0.05) is 68.1 Å². The summed E-state index contributed by atoms with van der Waals surface area (Å²) >= 11 is 1.39. The van der Waals surface area contributed by atoms with Crippen LogP contribution in [0.5, 0.6) is 5.75 Å². The van der Waals surface area contributed by atoms with Gasteiger partial charge in [0.2, 0.25) is 5.91 Å². The highest BCUT2D eigenvalue weighted by Crippen LogP contribution is 2.28. The van der Waals surface area contributed by atoms with Crippen LogP contribution in [0.25, 0.3) is 0 Å². The SMILES string of the molecule is CCn1c(COc2cc(C)ccc2C(C)C)nnc1SCC(=O)N[C@@H](C)c1ccccc1. The van der Waals surface area contributed by atoms with E-state index in [0.717, 1.165) is 27.9 Å². The van der Waals surface area contributed by atoms with Crippen LogP contribution in [-0.2, 0) is 17.9 Å². The first-order valence-electron chi connectivity index (χ1n) is 11.0. The van der Waals surface area contributed by atoms with Gasteiger partial charge in [-0.05, 0) is 49.4 Å². The van der Waals surface area contributed by atoms with E-state index < -0.39 is 0 Å². The van der Waals surface area contributed by atoms with Crippen LogP contribution in [0, 0.1) is 6.92 Å². The van der Waals surface area contributed by atoms with Crippen molar-refractivity contribution in [1.82, 2.24) is 20.1 Å². The number of carbonyl (C=O) groups is 1. The number of hydrogen-bond donors (Lipinski definition) is 1. The average molecular weight is 453 g/mol. The average Bonchev–Trinajstić information content (AvgIpc) is 3.18. The Morgan fingerprint density at radius 1 is 1.12 bits per heavy atom. The second-order valence-electron chi connectivity index (χ2n) is 8.12. The summed E-state index contributed by atoms with van der Waals surface area (Å²) in [5, 5.41) is 12.4. The first-order valence-corrected chi connectivity index (χ1v) is 12.0. The minimum absolute atomic E-state index is 0.0313. The standard InChI is InChI=1S/C25H32N4O2S/c1-6-29-23(15-31-22-14-18(4)12-13-21(22)17(2)3)27-28-25(29)32-16-24(30)26-19(5)20-10-8-7-9-11-20/h7-14,17,19H,6,15-16H2,1-5H3,(H,26,30)/t19-/m0/s1. The van der Waals surface area contributed by atoms with Crippen LogP contribution in [0.3, 0.4) is 0 Å². The molecule has 7 heteroatoms. The third-order valence-corrected chi connectivity index (χ3v) is 6.23. The zero-order chi connectivity index (χ0) is 23.1. The summed E-state index contributed by atoms with van der Waals surface area (Å²) in [6.07, 6.45) is 0. The van der Waals surface area contributed by atoms with Crippen molar-refractivity contribution in [2.75, 3.05) is 5.75 Å². The van der Waals surface area contributed by atoms with Gasteiger partial charge in [0, 0.05) is 6.54 Å². The second-order valence-corrected chi connectivity index (χ2v) is 9.06. The van der Waals surface area contributed by atoms with Gasteiger partial charge < -0.3 is 14.6 Å². The topological polar surface area (TPSA) is 69.0 Å². The normalized spacial score (nSPS) is 12.1. The number of amides is 1.